The average molecular weight is 228 g/mol. The predicted molar refractivity (Wildman–Crippen MR) is 60.5 cm³/mol. The lowest BCUT2D eigenvalue weighted by Crippen LogP contribution is -2.34. The Morgan fingerprint density at radius 3 is 2.53 bits per heavy atom. The Balaban J connectivity index is 2.48. The smallest absolute Gasteiger partial charge is 0.128 e. The second-order valence-electron chi connectivity index (χ2n) is 4.44. The largest absolute Gasteiger partial charge is 0.321 e. The normalized spacial score (nSPS) is 19.5. The third kappa shape index (κ3) is 1.88. The lowest BCUT2D eigenvalue weighted by Gasteiger charge is -2.25. The summed E-state index contributed by atoms with van der Waals surface area (Å²) in [5.41, 5.74) is 7.05. The second kappa shape index (κ2) is 3.76. The van der Waals surface area contributed by atoms with Gasteiger partial charge in [0, 0.05) is 16.1 Å². The van der Waals surface area contributed by atoms with E-state index in [1.54, 1.807) is 13.0 Å². The van der Waals surface area contributed by atoms with Gasteiger partial charge in [-0.2, -0.15) is 0 Å². The summed E-state index contributed by atoms with van der Waals surface area (Å²) in [5.74, 6) is -0.221. The number of nitrogens with two attached hydrogens (primary N) is 1. The lowest BCUT2D eigenvalue weighted by atomic mass is 9.88. The number of hydrogen-bond acceptors (Lipinski definition) is 1. The van der Waals surface area contributed by atoms with Crippen molar-refractivity contribution in [1.82, 2.24) is 0 Å². The number of rotatable bonds is 1. The topological polar surface area (TPSA) is 26.0 Å². The first-order chi connectivity index (χ1) is 7.03. The van der Waals surface area contributed by atoms with Crippen molar-refractivity contribution in [2.45, 2.75) is 38.1 Å². The van der Waals surface area contributed by atoms with Crippen LogP contribution in [-0.2, 0) is 5.54 Å². The van der Waals surface area contributed by atoms with Crippen LogP contribution in [0.4, 0.5) is 4.39 Å². The van der Waals surface area contributed by atoms with Gasteiger partial charge >= 0.3 is 0 Å². The van der Waals surface area contributed by atoms with E-state index in [1.807, 2.05) is 0 Å². The van der Waals surface area contributed by atoms with Gasteiger partial charge in [0.25, 0.3) is 0 Å². The molecule has 82 valence electrons. The molecular formula is C12H15ClFN. The van der Waals surface area contributed by atoms with Crippen LogP contribution in [0.5, 0.6) is 0 Å². The Kier molecular flexibility index (Phi) is 2.73. The van der Waals surface area contributed by atoms with Crippen LogP contribution in [0, 0.1) is 12.7 Å². The van der Waals surface area contributed by atoms with Gasteiger partial charge in [0.2, 0.25) is 0 Å². The highest BCUT2D eigenvalue weighted by atomic mass is 35.5. The van der Waals surface area contributed by atoms with Crippen molar-refractivity contribution in [3.8, 4) is 0 Å². The molecule has 1 aromatic carbocycles. The zero-order chi connectivity index (χ0) is 11.1. The summed E-state index contributed by atoms with van der Waals surface area (Å²) >= 11 is 6.00. The fourth-order valence-electron chi connectivity index (χ4n) is 2.30. The van der Waals surface area contributed by atoms with Crippen molar-refractivity contribution in [2.24, 2.45) is 5.73 Å². The van der Waals surface area contributed by atoms with Gasteiger partial charge < -0.3 is 5.73 Å². The summed E-state index contributed by atoms with van der Waals surface area (Å²) in [6.45, 7) is 1.80. The molecular weight excluding hydrogens is 213 g/mol. The van der Waals surface area contributed by atoms with E-state index in [2.05, 4.69) is 0 Å². The van der Waals surface area contributed by atoms with Crippen LogP contribution in [0.1, 0.15) is 36.8 Å². The summed E-state index contributed by atoms with van der Waals surface area (Å²) < 4.78 is 13.8. The molecule has 0 amide bonds. The molecule has 0 saturated heterocycles. The highest BCUT2D eigenvalue weighted by Gasteiger charge is 2.33. The van der Waals surface area contributed by atoms with Crippen molar-refractivity contribution < 1.29 is 4.39 Å². The summed E-state index contributed by atoms with van der Waals surface area (Å²) in [7, 11) is 0. The Hall–Kier alpha value is -0.600. The third-order valence-electron chi connectivity index (χ3n) is 3.28. The van der Waals surface area contributed by atoms with Crippen molar-refractivity contribution in [3.05, 3.63) is 34.1 Å². The Morgan fingerprint density at radius 2 is 1.93 bits per heavy atom. The zero-order valence-corrected chi connectivity index (χ0v) is 9.57. The molecule has 0 atom stereocenters. The van der Waals surface area contributed by atoms with Crippen molar-refractivity contribution in [3.63, 3.8) is 0 Å². The van der Waals surface area contributed by atoms with Gasteiger partial charge in [-0.05, 0) is 37.5 Å². The average Bonchev–Trinajstić information content (AvgIpc) is 2.60. The molecule has 3 heteroatoms. The van der Waals surface area contributed by atoms with Gasteiger partial charge in [0.1, 0.15) is 5.82 Å². The highest BCUT2D eigenvalue weighted by molar-refractivity contribution is 6.31. The van der Waals surface area contributed by atoms with Gasteiger partial charge in [0.05, 0.1) is 0 Å². The van der Waals surface area contributed by atoms with E-state index in [1.165, 1.54) is 6.07 Å². The minimum atomic E-state index is -0.499. The standard InChI is InChI=1S/C12H15ClFN/c1-8-6-11(14)9(7-10(8)13)12(15)4-2-3-5-12/h6-7H,2-5,15H2,1H3. The predicted octanol–water partition coefficient (Wildman–Crippen LogP) is 3.52. The molecule has 1 aliphatic carbocycles. The molecule has 1 aromatic rings. The number of halogens is 2. The molecule has 1 fully saturated rings. The fourth-order valence-corrected chi connectivity index (χ4v) is 2.47. The maximum absolute atomic E-state index is 13.8. The van der Waals surface area contributed by atoms with Crippen LogP contribution < -0.4 is 5.73 Å². The maximum atomic E-state index is 13.8. The van der Waals surface area contributed by atoms with Gasteiger partial charge in [0.15, 0.2) is 0 Å². The molecule has 0 aliphatic heterocycles. The molecule has 0 heterocycles. The molecule has 0 aromatic heterocycles. The van der Waals surface area contributed by atoms with Gasteiger partial charge in [-0.25, -0.2) is 4.39 Å². The van der Waals surface area contributed by atoms with E-state index in [0.29, 0.717) is 10.6 Å². The molecule has 0 spiro atoms. The number of benzene rings is 1. The lowest BCUT2D eigenvalue weighted by molar-refractivity contribution is 0.433. The van der Waals surface area contributed by atoms with Gasteiger partial charge in [-0.3, -0.25) is 0 Å². The van der Waals surface area contributed by atoms with E-state index in [-0.39, 0.29) is 5.82 Å². The molecule has 0 unspecified atom stereocenters. The van der Waals surface area contributed by atoms with E-state index in [0.717, 1.165) is 31.2 Å². The van der Waals surface area contributed by atoms with Crippen molar-refractivity contribution in [1.29, 1.82) is 0 Å². The highest BCUT2D eigenvalue weighted by Crippen LogP contribution is 2.38. The maximum Gasteiger partial charge on any atom is 0.128 e. The van der Waals surface area contributed by atoms with Gasteiger partial charge in [-0.1, -0.05) is 24.4 Å². The summed E-state index contributed by atoms with van der Waals surface area (Å²) in [4.78, 5) is 0. The van der Waals surface area contributed by atoms with Crippen molar-refractivity contribution >= 4 is 11.6 Å². The van der Waals surface area contributed by atoms with Crippen LogP contribution in [0.25, 0.3) is 0 Å². The summed E-state index contributed by atoms with van der Waals surface area (Å²) in [6.07, 6.45) is 3.84. The second-order valence-corrected chi connectivity index (χ2v) is 4.85. The molecule has 15 heavy (non-hydrogen) atoms. The molecule has 2 rings (SSSR count). The van der Waals surface area contributed by atoms with E-state index in [9.17, 15) is 4.39 Å². The molecule has 1 aliphatic rings. The first-order valence-corrected chi connectivity index (χ1v) is 5.66. The zero-order valence-electron chi connectivity index (χ0n) is 8.82. The molecule has 0 bridgehead atoms. The van der Waals surface area contributed by atoms with E-state index >= 15 is 0 Å². The minimum Gasteiger partial charge on any atom is -0.321 e. The molecule has 1 saturated carbocycles. The van der Waals surface area contributed by atoms with Crippen LogP contribution in [0.3, 0.4) is 0 Å². The van der Waals surface area contributed by atoms with Crippen LogP contribution >= 0.6 is 11.6 Å². The number of hydrogen-bond donors (Lipinski definition) is 1. The SMILES string of the molecule is Cc1cc(F)c(C2(N)CCCC2)cc1Cl. The van der Waals surface area contributed by atoms with Crippen LogP contribution in [-0.4, -0.2) is 0 Å². The first-order valence-electron chi connectivity index (χ1n) is 5.28. The van der Waals surface area contributed by atoms with Crippen molar-refractivity contribution in [2.75, 3.05) is 0 Å². The first kappa shape index (κ1) is 10.9. The molecule has 0 radical (unpaired) electrons. The Morgan fingerprint density at radius 1 is 1.33 bits per heavy atom. The van der Waals surface area contributed by atoms with E-state index in [4.69, 9.17) is 17.3 Å². The van der Waals surface area contributed by atoms with Crippen LogP contribution in [0.15, 0.2) is 12.1 Å². The summed E-state index contributed by atoms with van der Waals surface area (Å²) in [6, 6.07) is 3.17. The quantitative estimate of drug-likeness (QED) is 0.781. The Labute approximate surface area is 94.4 Å². The van der Waals surface area contributed by atoms with Crippen LogP contribution in [0.2, 0.25) is 5.02 Å². The Bertz CT molecular complexity index is 383. The van der Waals surface area contributed by atoms with Gasteiger partial charge in [-0.15, -0.1) is 0 Å². The molecule has 2 N–H and O–H groups in total. The van der Waals surface area contributed by atoms with E-state index < -0.39 is 5.54 Å². The molecule has 1 nitrogen and oxygen atoms in total. The summed E-state index contributed by atoms with van der Waals surface area (Å²) in [5, 5.41) is 0.600. The monoisotopic (exact) mass is 227 g/mol. The minimum absolute atomic E-state index is 0.221. The third-order valence-corrected chi connectivity index (χ3v) is 3.69. The number of aryl methyl sites for hydroxylation is 1. The fraction of sp³-hybridized carbons (Fsp3) is 0.500.